The van der Waals surface area contributed by atoms with Gasteiger partial charge in [-0.1, -0.05) is 15.9 Å². The molecule has 0 unspecified atom stereocenters. The van der Waals surface area contributed by atoms with Gasteiger partial charge in [0.05, 0.1) is 26.9 Å². The van der Waals surface area contributed by atoms with Crippen molar-refractivity contribution in [1.29, 1.82) is 0 Å². The van der Waals surface area contributed by atoms with E-state index in [1.807, 2.05) is 0 Å². The van der Waals surface area contributed by atoms with E-state index in [4.69, 9.17) is 14.2 Å². The van der Waals surface area contributed by atoms with E-state index in [0.717, 1.165) is 10.0 Å². The molecule has 0 saturated carbocycles. The molecule has 0 spiro atoms. The molecule has 1 heterocycles. The fourth-order valence-corrected chi connectivity index (χ4v) is 3.28. The van der Waals surface area contributed by atoms with Crippen LogP contribution in [0.2, 0.25) is 0 Å². The number of amides is 1. The van der Waals surface area contributed by atoms with E-state index < -0.39 is 11.9 Å². The molecule has 7 heteroatoms. The van der Waals surface area contributed by atoms with E-state index in [0.29, 0.717) is 22.8 Å². The average Bonchev–Trinajstić information content (AvgIpc) is 2.53. The molecule has 1 aromatic carbocycles. The Morgan fingerprint density at radius 3 is 2.39 bits per heavy atom. The van der Waals surface area contributed by atoms with Gasteiger partial charge in [0.15, 0.2) is 11.5 Å². The van der Waals surface area contributed by atoms with Crippen LogP contribution in [0.4, 0.5) is 0 Å². The Labute approximate surface area is 142 Å². The summed E-state index contributed by atoms with van der Waals surface area (Å²) in [5.74, 6) is 0.0451. The molecule has 1 aliphatic heterocycles. The van der Waals surface area contributed by atoms with E-state index in [-0.39, 0.29) is 12.3 Å². The third-order valence-electron chi connectivity index (χ3n) is 3.75. The van der Waals surface area contributed by atoms with Crippen molar-refractivity contribution in [2.75, 3.05) is 21.3 Å². The topological polar surface area (TPSA) is 73.9 Å². The molecule has 2 rings (SSSR count). The van der Waals surface area contributed by atoms with Crippen LogP contribution in [0.25, 0.3) is 0 Å². The van der Waals surface area contributed by atoms with Crippen LogP contribution in [0.5, 0.6) is 11.5 Å². The van der Waals surface area contributed by atoms with Crippen LogP contribution in [-0.4, -0.2) is 33.2 Å². The van der Waals surface area contributed by atoms with Crippen molar-refractivity contribution in [2.24, 2.45) is 0 Å². The van der Waals surface area contributed by atoms with Gasteiger partial charge in [0, 0.05) is 22.5 Å². The molecule has 0 aliphatic carbocycles. The molecule has 1 amide bonds. The molecule has 0 fully saturated rings. The maximum absolute atomic E-state index is 12.2. The lowest BCUT2D eigenvalue weighted by Gasteiger charge is -2.27. The molecule has 0 aromatic heterocycles. The Balaban J connectivity index is 2.60. The lowest BCUT2D eigenvalue weighted by Crippen LogP contribution is -2.34. The molecule has 124 valence electrons. The summed E-state index contributed by atoms with van der Waals surface area (Å²) in [5.41, 5.74) is 1.69. The van der Waals surface area contributed by atoms with Crippen molar-refractivity contribution in [1.82, 2.24) is 5.32 Å². The predicted molar refractivity (Wildman–Crippen MR) is 87.5 cm³/mol. The summed E-state index contributed by atoms with van der Waals surface area (Å²) < 4.78 is 16.2. The minimum atomic E-state index is -0.464. The van der Waals surface area contributed by atoms with Crippen molar-refractivity contribution >= 4 is 27.8 Å². The van der Waals surface area contributed by atoms with Gasteiger partial charge in [-0.2, -0.15) is 0 Å². The highest BCUT2D eigenvalue weighted by Gasteiger charge is 2.34. The lowest BCUT2D eigenvalue weighted by molar-refractivity contribution is -0.136. The van der Waals surface area contributed by atoms with Gasteiger partial charge < -0.3 is 19.5 Å². The van der Waals surface area contributed by atoms with E-state index >= 15 is 0 Å². The van der Waals surface area contributed by atoms with Crippen molar-refractivity contribution < 1.29 is 23.8 Å². The summed E-state index contributed by atoms with van der Waals surface area (Å²) >= 11 is 3.48. The van der Waals surface area contributed by atoms with Crippen LogP contribution >= 0.6 is 15.9 Å². The number of halogens is 1. The maximum Gasteiger partial charge on any atom is 0.336 e. The summed E-state index contributed by atoms with van der Waals surface area (Å²) in [6, 6.07) is 3.52. The largest absolute Gasteiger partial charge is 0.493 e. The van der Waals surface area contributed by atoms with E-state index in [2.05, 4.69) is 21.2 Å². The van der Waals surface area contributed by atoms with E-state index in [1.54, 1.807) is 26.2 Å². The van der Waals surface area contributed by atoms with Crippen molar-refractivity contribution in [3.8, 4) is 11.5 Å². The van der Waals surface area contributed by atoms with Crippen LogP contribution < -0.4 is 14.8 Å². The molecule has 1 aliphatic rings. The number of rotatable bonds is 4. The quantitative estimate of drug-likeness (QED) is 0.808. The summed E-state index contributed by atoms with van der Waals surface area (Å²) in [6.07, 6.45) is 0.149. The van der Waals surface area contributed by atoms with Crippen molar-refractivity contribution in [3.63, 3.8) is 0 Å². The lowest BCUT2D eigenvalue weighted by atomic mass is 9.84. The van der Waals surface area contributed by atoms with Gasteiger partial charge in [-0.05, 0) is 24.6 Å². The van der Waals surface area contributed by atoms with Crippen molar-refractivity contribution in [3.05, 3.63) is 33.4 Å². The number of methoxy groups -OCH3 is 3. The Kier molecular flexibility index (Phi) is 5.30. The van der Waals surface area contributed by atoms with Gasteiger partial charge in [0.2, 0.25) is 5.91 Å². The molecular weight excluding hydrogens is 366 g/mol. The van der Waals surface area contributed by atoms with Gasteiger partial charge in [-0.25, -0.2) is 4.79 Å². The van der Waals surface area contributed by atoms with Gasteiger partial charge in [0.25, 0.3) is 0 Å². The second kappa shape index (κ2) is 7.04. The second-order valence-electron chi connectivity index (χ2n) is 5.06. The molecule has 1 aromatic rings. The van der Waals surface area contributed by atoms with Crippen LogP contribution in [-0.2, 0) is 14.3 Å². The minimum absolute atomic E-state index is 0.149. The second-order valence-corrected chi connectivity index (χ2v) is 5.92. The monoisotopic (exact) mass is 383 g/mol. The first-order valence-electron chi connectivity index (χ1n) is 6.93. The first-order valence-corrected chi connectivity index (χ1v) is 7.72. The Morgan fingerprint density at radius 1 is 1.22 bits per heavy atom. The third kappa shape index (κ3) is 3.34. The molecule has 1 atom stereocenters. The van der Waals surface area contributed by atoms with E-state index in [9.17, 15) is 9.59 Å². The van der Waals surface area contributed by atoms with Gasteiger partial charge in [-0.15, -0.1) is 0 Å². The summed E-state index contributed by atoms with van der Waals surface area (Å²) in [5, 5.41) is 2.68. The zero-order chi connectivity index (χ0) is 17.1. The Morgan fingerprint density at radius 2 is 1.83 bits per heavy atom. The number of ether oxygens (including phenoxy) is 3. The maximum atomic E-state index is 12.2. The molecule has 0 bridgehead atoms. The van der Waals surface area contributed by atoms with Crippen molar-refractivity contribution in [2.45, 2.75) is 19.3 Å². The summed E-state index contributed by atoms with van der Waals surface area (Å²) in [4.78, 5) is 24.1. The highest BCUT2D eigenvalue weighted by atomic mass is 79.9. The SMILES string of the molecule is COC(=O)C1=C(C)NC(=O)C[C@@H]1c1cc(OC)c(OC)cc1Br. The number of allylic oxidation sites excluding steroid dienone is 1. The third-order valence-corrected chi connectivity index (χ3v) is 4.44. The highest BCUT2D eigenvalue weighted by molar-refractivity contribution is 9.10. The number of esters is 1. The highest BCUT2D eigenvalue weighted by Crippen LogP contribution is 2.42. The number of hydrogen-bond acceptors (Lipinski definition) is 5. The minimum Gasteiger partial charge on any atom is -0.493 e. The number of benzene rings is 1. The molecule has 0 saturated heterocycles. The zero-order valence-corrected chi connectivity index (χ0v) is 14.9. The van der Waals surface area contributed by atoms with Crippen LogP contribution in [0.1, 0.15) is 24.8 Å². The number of hydrogen-bond donors (Lipinski definition) is 1. The summed E-state index contributed by atoms with van der Waals surface area (Å²) in [7, 11) is 4.40. The molecule has 6 nitrogen and oxygen atoms in total. The normalized spacial score (nSPS) is 17.6. The average molecular weight is 384 g/mol. The smallest absolute Gasteiger partial charge is 0.336 e. The Bertz CT molecular complexity index is 683. The zero-order valence-electron chi connectivity index (χ0n) is 13.4. The van der Waals surface area contributed by atoms with Crippen LogP contribution in [0, 0.1) is 0 Å². The first-order chi connectivity index (χ1) is 10.9. The van der Waals surface area contributed by atoms with E-state index in [1.165, 1.54) is 14.2 Å². The number of nitrogens with one attached hydrogen (secondary N) is 1. The van der Waals surface area contributed by atoms with Gasteiger partial charge >= 0.3 is 5.97 Å². The van der Waals surface area contributed by atoms with Gasteiger partial charge in [-0.3, -0.25) is 4.79 Å². The molecular formula is C16H18BrNO5. The van der Waals surface area contributed by atoms with Gasteiger partial charge in [0.1, 0.15) is 0 Å². The number of carbonyl (C=O) groups is 2. The molecule has 0 radical (unpaired) electrons. The Hall–Kier alpha value is -2.02. The number of carbonyl (C=O) groups excluding carboxylic acids is 2. The molecule has 1 N–H and O–H groups in total. The van der Waals surface area contributed by atoms with Crippen LogP contribution in [0.3, 0.4) is 0 Å². The van der Waals surface area contributed by atoms with Crippen LogP contribution in [0.15, 0.2) is 27.9 Å². The fraction of sp³-hybridized carbons (Fsp3) is 0.375. The summed E-state index contributed by atoms with van der Waals surface area (Å²) in [6.45, 7) is 1.69. The fourth-order valence-electron chi connectivity index (χ4n) is 2.68. The molecule has 23 heavy (non-hydrogen) atoms. The standard InChI is InChI=1S/C16H18BrNO5/c1-8-15(16(20)23-4)10(6-14(19)18-8)9-5-12(21-2)13(22-3)7-11(9)17/h5,7,10H,6H2,1-4H3,(H,18,19)/t10-/m1/s1. The predicted octanol–water partition coefficient (Wildman–Crippen LogP) is 2.52. The first kappa shape index (κ1) is 17.3.